The van der Waals surface area contributed by atoms with Crippen LogP contribution in [0.25, 0.3) is 0 Å². The van der Waals surface area contributed by atoms with Gasteiger partial charge in [0.15, 0.2) is 11.5 Å². The molecule has 0 amide bonds. The minimum absolute atomic E-state index is 0.102. The number of hydrogen-bond donors (Lipinski definition) is 2. The number of non-ortho nitro benzene ring substituents is 1. The van der Waals surface area contributed by atoms with E-state index in [9.17, 15) is 30.1 Å². The molecule has 2 aliphatic rings. The molecule has 0 aromatic heterocycles. The lowest BCUT2D eigenvalue weighted by molar-refractivity contribution is -0.384. The van der Waals surface area contributed by atoms with Gasteiger partial charge < -0.3 is 15.6 Å². The first-order valence-corrected chi connectivity index (χ1v) is 7.89. The van der Waals surface area contributed by atoms with E-state index in [0.717, 1.165) is 0 Å². The first-order valence-electron chi connectivity index (χ1n) is 7.89. The summed E-state index contributed by atoms with van der Waals surface area (Å²) in [5.41, 5.74) is 5.48. The Hall–Kier alpha value is -3.93. The van der Waals surface area contributed by atoms with Gasteiger partial charge in [-0.15, -0.1) is 0 Å². The molecule has 0 bridgehead atoms. The number of aliphatic hydroxyl groups excluding tert-OH is 1. The van der Waals surface area contributed by atoms with Gasteiger partial charge >= 0.3 is 0 Å². The van der Waals surface area contributed by atoms with Gasteiger partial charge in [0.05, 0.1) is 16.4 Å². The number of ether oxygens (including phenoxy) is 1. The van der Waals surface area contributed by atoms with Gasteiger partial charge in [-0.05, 0) is 12.0 Å². The van der Waals surface area contributed by atoms with Crippen LogP contribution in [0.2, 0.25) is 0 Å². The highest BCUT2D eigenvalue weighted by atomic mass is 16.6. The smallest absolute Gasteiger partial charge is 0.269 e. The van der Waals surface area contributed by atoms with Crippen LogP contribution >= 0.6 is 0 Å². The highest BCUT2D eigenvalue weighted by molar-refractivity contribution is 6.24. The third kappa shape index (κ3) is 2.64. The molecule has 136 valence electrons. The van der Waals surface area contributed by atoms with Crippen LogP contribution in [0.3, 0.4) is 0 Å². The number of carbonyl (C=O) groups excluding carboxylic acids is 2. The lowest BCUT2D eigenvalue weighted by Crippen LogP contribution is -2.33. The Balaban J connectivity index is 2.21. The number of ketones is 2. The zero-order chi connectivity index (χ0) is 19.9. The third-order valence-electron chi connectivity index (χ3n) is 4.44. The van der Waals surface area contributed by atoms with Crippen molar-refractivity contribution in [1.29, 1.82) is 5.26 Å². The van der Waals surface area contributed by atoms with E-state index in [4.69, 9.17) is 10.5 Å². The molecule has 1 atom stereocenters. The highest BCUT2D eigenvalue weighted by Crippen LogP contribution is 2.43. The number of nitrogens with zero attached hydrogens (tertiary/aromatic N) is 2. The molecule has 3 N–H and O–H groups in total. The average molecular weight is 367 g/mol. The number of nitriles is 1. The lowest BCUT2D eigenvalue weighted by Gasteiger charge is -2.30. The predicted molar refractivity (Wildman–Crippen MR) is 90.7 cm³/mol. The summed E-state index contributed by atoms with van der Waals surface area (Å²) >= 11 is 0. The van der Waals surface area contributed by atoms with Gasteiger partial charge in [-0.3, -0.25) is 19.7 Å². The number of benzene rings is 1. The second-order valence-electron chi connectivity index (χ2n) is 5.86. The fourth-order valence-electron chi connectivity index (χ4n) is 3.12. The summed E-state index contributed by atoms with van der Waals surface area (Å²) in [6.07, 6.45) is 0.105. The van der Waals surface area contributed by atoms with Crippen LogP contribution < -0.4 is 5.73 Å². The molecule has 0 saturated carbocycles. The molecule has 1 unspecified atom stereocenters. The van der Waals surface area contributed by atoms with Gasteiger partial charge in [0.1, 0.15) is 11.6 Å². The standard InChI is InChI=1S/C18H13N3O6/c1-2-10-14(22)16(24)13-12(8-3-5-9(6-4-8)21(25)26)11(7-19)18(20)27-17(13)15(10)23/h3-6,12,22H,2,20H2,1H3. The van der Waals surface area contributed by atoms with Crippen molar-refractivity contribution in [3.05, 3.63) is 74.1 Å². The quantitative estimate of drug-likeness (QED) is 0.467. The summed E-state index contributed by atoms with van der Waals surface area (Å²) in [5.74, 6) is -3.99. The van der Waals surface area contributed by atoms with Gasteiger partial charge in [0.2, 0.25) is 17.4 Å². The summed E-state index contributed by atoms with van der Waals surface area (Å²) in [6, 6.07) is 6.98. The molecule has 0 spiro atoms. The Bertz CT molecular complexity index is 1020. The normalized spacial score (nSPS) is 19.6. The van der Waals surface area contributed by atoms with Gasteiger partial charge in [-0.25, -0.2) is 0 Å². The number of hydrogen-bond acceptors (Lipinski definition) is 8. The Morgan fingerprint density at radius 1 is 1.30 bits per heavy atom. The Kier molecular flexibility index (Phi) is 4.25. The Labute approximate surface area is 152 Å². The van der Waals surface area contributed by atoms with Crippen LogP contribution in [0.5, 0.6) is 0 Å². The van der Waals surface area contributed by atoms with E-state index in [1.165, 1.54) is 24.3 Å². The van der Waals surface area contributed by atoms with Crippen molar-refractivity contribution in [3.63, 3.8) is 0 Å². The van der Waals surface area contributed by atoms with Crippen molar-refractivity contribution in [2.75, 3.05) is 0 Å². The monoisotopic (exact) mass is 367 g/mol. The van der Waals surface area contributed by atoms with Crippen molar-refractivity contribution >= 4 is 17.3 Å². The van der Waals surface area contributed by atoms with Crippen molar-refractivity contribution < 1.29 is 24.4 Å². The van der Waals surface area contributed by atoms with Gasteiger partial charge in [-0.1, -0.05) is 19.1 Å². The number of nitrogens with two attached hydrogens (primary N) is 1. The van der Waals surface area contributed by atoms with E-state index >= 15 is 0 Å². The van der Waals surface area contributed by atoms with E-state index in [1.807, 2.05) is 6.07 Å². The maximum absolute atomic E-state index is 12.7. The van der Waals surface area contributed by atoms with Crippen LogP contribution in [-0.4, -0.2) is 21.6 Å². The van der Waals surface area contributed by atoms with Crippen LogP contribution in [-0.2, 0) is 14.3 Å². The minimum atomic E-state index is -1.09. The van der Waals surface area contributed by atoms with Gasteiger partial charge in [0, 0.05) is 17.7 Å². The van der Waals surface area contributed by atoms with E-state index in [1.54, 1.807) is 6.92 Å². The average Bonchev–Trinajstić information content (AvgIpc) is 2.66. The van der Waals surface area contributed by atoms with E-state index < -0.39 is 28.2 Å². The third-order valence-corrected chi connectivity index (χ3v) is 4.44. The molecule has 0 fully saturated rings. The molecule has 1 heterocycles. The van der Waals surface area contributed by atoms with Crippen molar-refractivity contribution in [2.45, 2.75) is 19.3 Å². The molecule has 0 saturated heterocycles. The number of rotatable bonds is 3. The number of nitro benzene ring substituents is 1. The second-order valence-corrected chi connectivity index (χ2v) is 5.86. The largest absolute Gasteiger partial charge is 0.504 e. The van der Waals surface area contributed by atoms with Crippen LogP contribution in [0.1, 0.15) is 24.8 Å². The Morgan fingerprint density at radius 3 is 2.44 bits per heavy atom. The molecule has 1 aromatic rings. The van der Waals surface area contributed by atoms with Gasteiger partial charge in [-0.2, -0.15) is 5.26 Å². The summed E-state index contributed by atoms with van der Waals surface area (Å²) < 4.78 is 5.26. The molecule has 3 rings (SSSR count). The highest BCUT2D eigenvalue weighted by Gasteiger charge is 2.44. The first kappa shape index (κ1) is 17.9. The van der Waals surface area contributed by atoms with Crippen molar-refractivity contribution in [1.82, 2.24) is 0 Å². The zero-order valence-electron chi connectivity index (χ0n) is 14.1. The number of aliphatic hydroxyl groups is 1. The number of Topliss-reactive ketones (excluding diaryl/α,β-unsaturated/α-hetero) is 2. The van der Waals surface area contributed by atoms with Crippen molar-refractivity contribution in [3.8, 4) is 6.07 Å². The minimum Gasteiger partial charge on any atom is -0.504 e. The fourth-order valence-corrected chi connectivity index (χ4v) is 3.12. The fraction of sp³-hybridized carbons (Fsp3) is 0.167. The summed E-state index contributed by atoms with van der Waals surface area (Å²) in [4.78, 5) is 35.6. The van der Waals surface area contributed by atoms with E-state index in [-0.39, 0.29) is 40.5 Å². The van der Waals surface area contributed by atoms with Gasteiger partial charge in [0.25, 0.3) is 5.69 Å². The number of allylic oxidation sites excluding steroid dienone is 3. The summed E-state index contributed by atoms with van der Waals surface area (Å²) in [6.45, 7) is 1.60. The molecule has 9 nitrogen and oxygen atoms in total. The SMILES string of the molecule is CCC1=C(O)C(=O)C2=C(OC(N)=C(C#N)C2c2ccc([N+](=O)[O-])cc2)C1=O. The molecule has 1 aliphatic heterocycles. The van der Waals surface area contributed by atoms with Crippen molar-refractivity contribution in [2.24, 2.45) is 5.73 Å². The second kappa shape index (κ2) is 6.42. The lowest BCUT2D eigenvalue weighted by atomic mass is 9.77. The number of nitro groups is 1. The summed E-state index contributed by atoms with van der Waals surface area (Å²) in [7, 11) is 0. The van der Waals surface area contributed by atoms with Crippen LogP contribution in [0, 0.1) is 21.4 Å². The molecular formula is C18H13N3O6. The van der Waals surface area contributed by atoms with E-state index in [2.05, 4.69) is 0 Å². The van der Waals surface area contributed by atoms with E-state index in [0.29, 0.717) is 5.56 Å². The molecule has 9 heteroatoms. The predicted octanol–water partition coefficient (Wildman–Crippen LogP) is 2.03. The molecule has 1 aliphatic carbocycles. The first-order chi connectivity index (χ1) is 12.8. The summed E-state index contributed by atoms with van der Waals surface area (Å²) in [5, 5.41) is 30.5. The number of carbonyl (C=O) groups is 2. The molecular weight excluding hydrogens is 354 g/mol. The Morgan fingerprint density at radius 2 is 1.93 bits per heavy atom. The molecule has 27 heavy (non-hydrogen) atoms. The maximum atomic E-state index is 12.7. The molecule has 1 aromatic carbocycles. The van der Waals surface area contributed by atoms with Crippen LogP contribution in [0.15, 0.2) is 58.4 Å². The maximum Gasteiger partial charge on any atom is 0.269 e. The van der Waals surface area contributed by atoms with Crippen LogP contribution in [0.4, 0.5) is 5.69 Å². The topological polar surface area (TPSA) is 157 Å². The zero-order valence-corrected chi connectivity index (χ0v) is 14.1. The molecule has 0 radical (unpaired) electrons.